The summed E-state index contributed by atoms with van der Waals surface area (Å²) >= 11 is 0. The van der Waals surface area contributed by atoms with Gasteiger partial charge < -0.3 is 35.0 Å². The summed E-state index contributed by atoms with van der Waals surface area (Å²) in [4.78, 5) is 0. The van der Waals surface area contributed by atoms with Gasteiger partial charge in [0.25, 0.3) is 0 Å². The molecule has 5 atom stereocenters. The van der Waals surface area contributed by atoms with E-state index in [4.69, 9.17) is 14.6 Å². The number of hydrogen-bond donors (Lipinski definition) is 5. The van der Waals surface area contributed by atoms with Crippen molar-refractivity contribution in [3.63, 3.8) is 0 Å². The second kappa shape index (κ2) is 6.49. The highest BCUT2D eigenvalue weighted by Gasteiger charge is 2.39. The highest BCUT2D eigenvalue weighted by Crippen LogP contribution is 2.29. The van der Waals surface area contributed by atoms with Gasteiger partial charge in [-0.25, -0.2) is 0 Å². The number of phenolic OH excluding ortho intramolecular Hbond substituents is 1. The summed E-state index contributed by atoms with van der Waals surface area (Å²) in [5.41, 5.74) is 0.602. The zero-order valence-corrected chi connectivity index (χ0v) is 10.7. The van der Waals surface area contributed by atoms with Crippen LogP contribution in [-0.4, -0.2) is 63.2 Å². The van der Waals surface area contributed by atoms with Gasteiger partial charge in [-0.1, -0.05) is 12.1 Å². The van der Waals surface area contributed by atoms with Crippen LogP contribution in [-0.2, 0) is 9.47 Å². The highest BCUT2D eigenvalue weighted by atomic mass is 16.7. The van der Waals surface area contributed by atoms with Crippen molar-refractivity contribution in [1.82, 2.24) is 0 Å². The van der Waals surface area contributed by atoms with Crippen LogP contribution < -0.4 is 0 Å². The largest absolute Gasteiger partial charge is 0.508 e. The molecule has 7 heteroatoms. The average Bonchev–Trinajstić information content (AvgIpc) is 2.47. The summed E-state index contributed by atoms with van der Waals surface area (Å²) in [6.45, 7) is -0.718. The number of benzene rings is 1. The third-order valence-corrected chi connectivity index (χ3v) is 3.16. The predicted molar refractivity (Wildman–Crippen MR) is 66.8 cm³/mol. The number of rotatable bonds is 4. The Hall–Kier alpha value is -1.22. The van der Waals surface area contributed by atoms with Crippen LogP contribution >= 0.6 is 0 Å². The van der Waals surface area contributed by atoms with E-state index in [1.807, 2.05) is 0 Å². The van der Waals surface area contributed by atoms with Gasteiger partial charge in [0.05, 0.1) is 13.2 Å². The summed E-state index contributed by atoms with van der Waals surface area (Å²) in [6, 6.07) is 6.09. The zero-order valence-electron chi connectivity index (χ0n) is 10.7. The van der Waals surface area contributed by atoms with Crippen molar-refractivity contribution in [3.05, 3.63) is 29.8 Å². The lowest BCUT2D eigenvalue weighted by molar-refractivity contribution is -0.284. The second-order valence-corrected chi connectivity index (χ2v) is 4.67. The molecule has 0 radical (unpaired) electrons. The predicted octanol–water partition coefficient (Wildman–Crippen LogP) is -1.12. The molecule has 112 valence electrons. The number of aromatic hydroxyl groups is 1. The normalized spacial score (nSPS) is 29.9. The average molecular weight is 286 g/mol. The molecular weight excluding hydrogens is 268 g/mol. The van der Waals surface area contributed by atoms with E-state index in [0.29, 0.717) is 5.56 Å². The van der Waals surface area contributed by atoms with Gasteiger partial charge in [0, 0.05) is 5.56 Å². The van der Waals surface area contributed by atoms with Gasteiger partial charge in [-0.2, -0.15) is 0 Å². The first-order valence-corrected chi connectivity index (χ1v) is 6.24. The fourth-order valence-electron chi connectivity index (χ4n) is 1.99. The molecule has 1 fully saturated rings. The minimum Gasteiger partial charge on any atom is -0.508 e. The van der Waals surface area contributed by atoms with E-state index in [9.17, 15) is 20.4 Å². The topological polar surface area (TPSA) is 120 Å². The molecule has 20 heavy (non-hydrogen) atoms. The maximum absolute atomic E-state index is 9.83. The van der Waals surface area contributed by atoms with Crippen molar-refractivity contribution in [2.24, 2.45) is 0 Å². The Kier molecular flexibility index (Phi) is 4.92. The first kappa shape index (κ1) is 15.2. The van der Waals surface area contributed by atoms with Gasteiger partial charge in [-0.3, -0.25) is 0 Å². The van der Waals surface area contributed by atoms with Gasteiger partial charge in [-0.05, 0) is 12.1 Å². The van der Waals surface area contributed by atoms with Gasteiger partial charge in [-0.15, -0.1) is 0 Å². The number of phenols is 1. The molecule has 1 aliphatic heterocycles. The fraction of sp³-hybridized carbons (Fsp3) is 0.538. The minimum absolute atomic E-state index is 0.0780. The Morgan fingerprint density at radius 1 is 1.20 bits per heavy atom. The van der Waals surface area contributed by atoms with Gasteiger partial charge in [0.1, 0.15) is 30.2 Å². The molecular formula is C13H18O7. The van der Waals surface area contributed by atoms with Gasteiger partial charge in [0.2, 0.25) is 0 Å². The molecule has 0 aliphatic carbocycles. The van der Waals surface area contributed by atoms with Crippen molar-refractivity contribution in [2.45, 2.75) is 30.7 Å². The van der Waals surface area contributed by atoms with E-state index in [1.165, 1.54) is 12.1 Å². The fourth-order valence-corrected chi connectivity index (χ4v) is 1.99. The summed E-state index contributed by atoms with van der Waals surface area (Å²) in [6.07, 6.45) is -5.86. The summed E-state index contributed by atoms with van der Waals surface area (Å²) in [5, 5.41) is 47.1. The molecule has 1 aromatic rings. The molecule has 0 bridgehead atoms. The van der Waals surface area contributed by atoms with Crippen LogP contribution in [0.2, 0.25) is 0 Å². The van der Waals surface area contributed by atoms with Crippen LogP contribution in [0.4, 0.5) is 0 Å². The molecule has 0 amide bonds. The third kappa shape index (κ3) is 3.26. The molecule has 2 rings (SSSR count). The molecule has 1 unspecified atom stereocenters. The van der Waals surface area contributed by atoms with Crippen LogP contribution in [0.5, 0.6) is 5.75 Å². The van der Waals surface area contributed by atoms with Crippen molar-refractivity contribution >= 4 is 0 Å². The van der Waals surface area contributed by atoms with Gasteiger partial charge in [0.15, 0.2) is 6.29 Å². The summed E-state index contributed by atoms with van der Waals surface area (Å²) in [5.74, 6) is 0.0943. The quantitative estimate of drug-likeness (QED) is 0.475. The number of aliphatic hydroxyl groups excluding tert-OH is 4. The number of hydrogen-bond acceptors (Lipinski definition) is 7. The second-order valence-electron chi connectivity index (χ2n) is 4.67. The maximum atomic E-state index is 9.83. The lowest BCUT2D eigenvalue weighted by Gasteiger charge is -2.37. The summed E-state index contributed by atoms with van der Waals surface area (Å²) < 4.78 is 10.7. The molecule has 1 heterocycles. The molecule has 1 saturated heterocycles. The van der Waals surface area contributed by atoms with Crippen molar-refractivity contribution in [3.8, 4) is 5.75 Å². The molecule has 0 spiro atoms. The molecule has 0 saturated carbocycles. The van der Waals surface area contributed by atoms with Crippen molar-refractivity contribution in [2.75, 3.05) is 13.2 Å². The third-order valence-electron chi connectivity index (χ3n) is 3.16. The molecule has 5 N–H and O–H groups in total. The number of aliphatic hydroxyl groups is 4. The van der Waals surface area contributed by atoms with E-state index in [1.54, 1.807) is 12.1 Å². The van der Waals surface area contributed by atoms with Crippen molar-refractivity contribution < 1.29 is 35.0 Å². The summed E-state index contributed by atoms with van der Waals surface area (Å²) in [7, 11) is 0. The Morgan fingerprint density at radius 2 is 1.85 bits per heavy atom. The number of ether oxygens (including phenoxy) is 2. The Morgan fingerprint density at radius 3 is 2.45 bits per heavy atom. The lowest BCUT2D eigenvalue weighted by Crippen LogP contribution is -2.52. The standard InChI is InChI=1S/C13H18O7/c14-5-9(16)11(18)12-10(17)6-19-13(20-12)7-1-3-8(15)4-2-7/h1-4,9-18H,5-6H2/t9-,10+,11-,12-,13?/m1/s1. The molecule has 0 aromatic heterocycles. The Bertz CT molecular complexity index is 421. The van der Waals surface area contributed by atoms with E-state index < -0.39 is 37.3 Å². The van der Waals surface area contributed by atoms with Crippen LogP contribution in [0.15, 0.2) is 24.3 Å². The minimum atomic E-state index is -1.43. The molecule has 1 aliphatic rings. The smallest absolute Gasteiger partial charge is 0.184 e. The van der Waals surface area contributed by atoms with E-state index >= 15 is 0 Å². The van der Waals surface area contributed by atoms with E-state index in [-0.39, 0.29) is 12.4 Å². The van der Waals surface area contributed by atoms with Crippen LogP contribution in [0.25, 0.3) is 0 Å². The van der Waals surface area contributed by atoms with E-state index in [2.05, 4.69) is 0 Å². The molecule has 1 aromatic carbocycles. The Balaban J connectivity index is 2.09. The monoisotopic (exact) mass is 286 g/mol. The zero-order chi connectivity index (χ0) is 14.7. The van der Waals surface area contributed by atoms with E-state index in [0.717, 1.165) is 0 Å². The Labute approximate surface area is 115 Å². The van der Waals surface area contributed by atoms with Crippen LogP contribution in [0.1, 0.15) is 11.9 Å². The van der Waals surface area contributed by atoms with Gasteiger partial charge >= 0.3 is 0 Å². The molecule has 7 nitrogen and oxygen atoms in total. The van der Waals surface area contributed by atoms with Crippen LogP contribution in [0.3, 0.4) is 0 Å². The first-order chi connectivity index (χ1) is 9.52. The lowest BCUT2D eigenvalue weighted by atomic mass is 10.0. The highest BCUT2D eigenvalue weighted by molar-refractivity contribution is 5.26. The van der Waals surface area contributed by atoms with Crippen LogP contribution in [0, 0.1) is 0 Å². The first-order valence-electron chi connectivity index (χ1n) is 6.24. The SMILES string of the molecule is OC[C@@H](O)[C@@H](O)[C@@H]1OC(c2ccc(O)cc2)OC[C@@H]1O. The van der Waals surface area contributed by atoms with Crippen molar-refractivity contribution in [1.29, 1.82) is 0 Å². The maximum Gasteiger partial charge on any atom is 0.184 e.